The van der Waals surface area contributed by atoms with Gasteiger partial charge < -0.3 is 10.2 Å². The van der Waals surface area contributed by atoms with Crippen LogP contribution in [0.3, 0.4) is 0 Å². The van der Waals surface area contributed by atoms with Gasteiger partial charge in [-0.3, -0.25) is 9.88 Å². The third-order valence-corrected chi connectivity index (χ3v) is 3.98. The van der Waals surface area contributed by atoms with Gasteiger partial charge in [0.05, 0.1) is 0 Å². The summed E-state index contributed by atoms with van der Waals surface area (Å²) < 4.78 is 0. The molecule has 5 heteroatoms. The fraction of sp³-hybridized carbons (Fsp3) is 0.600. The molecular formula is C15H24N4O. The van der Waals surface area contributed by atoms with Gasteiger partial charge in [-0.15, -0.1) is 0 Å². The number of nitrogens with zero attached hydrogens (tertiary/aromatic N) is 3. The molecule has 1 atom stereocenters. The largest absolute Gasteiger partial charge is 0.334 e. The van der Waals surface area contributed by atoms with Crippen LogP contribution < -0.4 is 5.32 Å². The van der Waals surface area contributed by atoms with E-state index in [2.05, 4.69) is 29.0 Å². The van der Waals surface area contributed by atoms with Gasteiger partial charge in [0.1, 0.15) is 0 Å². The van der Waals surface area contributed by atoms with E-state index in [0.29, 0.717) is 12.6 Å². The molecule has 1 aromatic rings. The molecule has 20 heavy (non-hydrogen) atoms. The summed E-state index contributed by atoms with van der Waals surface area (Å²) in [5.41, 5.74) is 1.03. The van der Waals surface area contributed by atoms with Crippen LogP contribution in [0.15, 0.2) is 24.5 Å². The maximum atomic E-state index is 12.1. The fourth-order valence-electron chi connectivity index (χ4n) is 2.42. The number of hydrogen-bond donors (Lipinski definition) is 1. The summed E-state index contributed by atoms with van der Waals surface area (Å²) >= 11 is 0. The molecule has 2 rings (SSSR count). The van der Waals surface area contributed by atoms with Crippen LogP contribution in [0, 0.1) is 0 Å². The third-order valence-electron chi connectivity index (χ3n) is 3.98. The number of amides is 2. The zero-order chi connectivity index (χ0) is 14.4. The molecule has 0 radical (unpaired) electrons. The molecule has 1 fully saturated rings. The highest BCUT2D eigenvalue weighted by atomic mass is 16.2. The van der Waals surface area contributed by atoms with Crippen LogP contribution in [0.2, 0.25) is 0 Å². The Hall–Kier alpha value is -1.62. The highest BCUT2D eigenvalue weighted by Gasteiger charge is 2.22. The number of nitrogens with one attached hydrogen (secondary N) is 1. The first-order chi connectivity index (χ1) is 9.70. The topological polar surface area (TPSA) is 48.5 Å². The van der Waals surface area contributed by atoms with Gasteiger partial charge in [-0.25, -0.2) is 4.79 Å². The second kappa shape index (κ2) is 7.24. The first-order valence-corrected chi connectivity index (χ1v) is 7.36. The molecule has 2 heterocycles. The van der Waals surface area contributed by atoms with E-state index in [9.17, 15) is 4.79 Å². The molecule has 0 bridgehead atoms. The molecule has 5 nitrogen and oxygen atoms in total. The standard InChI is InChI=1S/C15H24N4O/c1-3-13(2)18-7-9-19(10-8-18)15(20)17-12-14-5-4-6-16-11-14/h4-6,11,13H,3,7-10,12H2,1-2H3,(H,17,20). The van der Waals surface area contributed by atoms with E-state index >= 15 is 0 Å². The Morgan fingerprint density at radius 3 is 2.75 bits per heavy atom. The average molecular weight is 276 g/mol. The van der Waals surface area contributed by atoms with Crippen molar-refractivity contribution in [3.05, 3.63) is 30.1 Å². The zero-order valence-corrected chi connectivity index (χ0v) is 12.4. The second-order valence-corrected chi connectivity index (χ2v) is 5.30. The van der Waals surface area contributed by atoms with Crippen molar-refractivity contribution in [2.24, 2.45) is 0 Å². The zero-order valence-electron chi connectivity index (χ0n) is 12.4. The Labute approximate surface area is 121 Å². The van der Waals surface area contributed by atoms with Crippen LogP contribution >= 0.6 is 0 Å². The molecule has 2 amide bonds. The summed E-state index contributed by atoms with van der Waals surface area (Å²) in [5.74, 6) is 0. The van der Waals surface area contributed by atoms with E-state index in [0.717, 1.165) is 38.2 Å². The summed E-state index contributed by atoms with van der Waals surface area (Å²) in [5, 5.41) is 2.96. The van der Waals surface area contributed by atoms with Crippen LogP contribution in [0.4, 0.5) is 4.79 Å². The number of carbonyl (C=O) groups excluding carboxylic acids is 1. The third kappa shape index (κ3) is 3.93. The van der Waals surface area contributed by atoms with Crippen molar-refractivity contribution < 1.29 is 4.79 Å². The highest BCUT2D eigenvalue weighted by Crippen LogP contribution is 2.08. The highest BCUT2D eigenvalue weighted by molar-refractivity contribution is 5.74. The quantitative estimate of drug-likeness (QED) is 0.910. The van der Waals surface area contributed by atoms with E-state index in [-0.39, 0.29) is 6.03 Å². The lowest BCUT2D eigenvalue weighted by atomic mass is 10.2. The monoisotopic (exact) mass is 276 g/mol. The first-order valence-electron chi connectivity index (χ1n) is 7.36. The van der Waals surface area contributed by atoms with Gasteiger partial charge in [-0.05, 0) is 25.0 Å². The van der Waals surface area contributed by atoms with Gasteiger partial charge in [0.2, 0.25) is 0 Å². The molecule has 0 spiro atoms. The molecule has 1 saturated heterocycles. The lowest BCUT2D eigenvalue weighted by molar-refractivity contribution is 0.112. The van der Waals surface area contributed by atoms with E-state index < -0.39 is 0 Å². The Bertz CT molecular complexity index is 415. The normalized spacial score (nSPS) is 17.8. The minimum absolute atomic E-state index is 0.0256. The van der Waals surface area contributed by atoms with Crippen molar-refractivity contribution in [3.8, 4) is 0 Å². The number of piperazine rings is 1. The number of hydrogen-bond acceptors (Lipinski definition) is 3. The van der Waals surface area contributed by atoms with Gasteiger partial charge in [0, 0.05) is 51.2 Å². The number of aromatic nitrogens is 1. The summed E-state index contributed by atoms with van der Waals surface area (Å²) in [6.45, 7) is 8.55. The maximum Gasteiger partial charge on any atom is 0.317 e. The van der Waals surface area contributed by atoms with Crippen LogP contribution in [0.5, 0.6) is 0 Å². The van der Waals surface area contributed by atoms with Crippen molar-refractivity contribution in [1.29, 1.82) is 0 Å². The molecule has 0 aliphatic carbocycles. The Balaban J connectivity index is 1.75. The van der Waals surface area contributed by atoms with E-state index in [1.807, 2.05) is 17.0 Å². The van der Waals surface area contributed by atoms with Crippen molar-refractivity contribution in [2.75, 3.05) is 26.2 Å². The van der Waals surface area contributed by atoms with Crippen LogP contribution in [-0.2, 0) is 6.54 Å². The Kier molecular flexibility index (Phi) is 5.35. The molecule has 0 aromatic carbocycles. The summed E-state index contributed by atoms with van der Waals surface area (Å²) in [4.78, 5) is 20.5. The van der Waals surface area contributed by atoms with Crippen molar-refractivity contribution in [3.63, 3.8) is 0 Å². The van der Waals surface area contributed by atoms with E-state index in [1.165, 1.54) is 0 Å². The second-order valence-electron chi connectivity index (χ2n) is 5.30. The van der Waals surface area contributed by atoms with Crippen molar-refractivity contribution in [2.45, 2.75) is 32.9 Å². The predicted octanol–water partition coefficient (Wildman–Crippen LogP) is 1.71. The van der Waals surface area contributed by atoms with E-state index in [4.69, 9.17) is 0 Å². The lowest BCUT2D eigenvalue weighted by Gasteiger charge is -2.37. The van der Waals surface area contributed by atoms with Crippen LogP contribution in [0.25, 0.3) is 0 Å². The summed E-state index contributed by atoms with van der Waals surface area (Å²) in [7, 11) is 0. The van der Waals surface area contributed by atoms with Gasteiger partial charge in [0.15, 0.2) is 0 Å². The fourth-order valence-corrected chi connectivity index (χ4v) is 2.42. The van der Waals surface area contributed by atoms with E-state index in [1.54, 1.807) is 12.4 Å². The minimum atomic E-state index is 0.0256. The van der Waals surface area contributed by atoms with Gasteiger partial charge in [0.25, 0.3) is 0 Å². The Morgan fingerprint density at radius 1 is 1.40 bits per heavy atom. The smallest absolute Gasteiger partial charge is 0.317 e. The Morgan fingerprint density at radius 2 is 2.15 bits per heavy atom. The molecule has 110 valence electrons. The van der Waals surface area contributed by atoms with Crippen molar-refractivity contribution in [1.82, 2.24) is 20.1 Å². The summed E-state index contributed by atoms with van der Waals surface area (Å²) in [6, 6.07) is 4.48. The molecule has 1 N–H and O–H groups in total. The number of carbonyl (C=O) groups is 1. The van der Waals surface area contributed by atoms with Gasteiger partial charge in [-0.2, -0.15) is 0 Å². The van der Waals surface area contributed by atoms with Crippen molar-refractivity contribution >= 4 is 6.03 Å². The number of pyridine rings is 1. The van der Waals surface area contributed by atoms with Crippen LogP contribution in [-0.4, -0.2) is 53.0 Å². The molecule has 0 saturated carbocycles. The summed E-state index contributed by atoms with van der Waals surface area (Å²) in [6.07, 6.45) is 4.67. The molecule has 1 aromatic heterocycles. The average Bonchev–Trinajstić information content (AvgIpc) is 2.53. The predicted molar refractivity (Wildman–Crippen MR) is 79.4 cm³/mol. The van der Waals surface area contributed by atoms with Gasteiger partial charge in [-0.1, -0.05) is 13.0 Å². The van der Waals surface area contributed by atoms with Crippen LogP contribution in [0.1, 0.15) is 25.8 Å². The molecular weight excluding hydrogens is 252 g/mol. The lowest BCUT2D eigenvalue weighted by Crippen LogP contribution is -2.53. The molecule has 1 aliphatic rings. The van der Waals surface area contributed by atoms with Gasteiger partial charge >= 0.3 is 6.03 Å². The first kappa shape index (κ1) is 14.8. The minimum Gasteiger partial charge on any atom is -0.334 e. The SMILES string of the molecule is CCC(C)N1CCN(C(=O)NCc2cccnc2)CC1. The molecule has 1 aliphatic heterocycles. The number of urea groups is 1. The maximum absolute atomic E-state index is 12.1. The number of rotatable bonds is 4. The molecule has 1 unspecified atom stereocenters.